The molecule has 1 saturated heterocycles. The van der Waals surface area contributed by atoms with Crippen molar-refractivity contribution in [2.75, 3.05) is 31.2 Å². The minimum absolute atomic E-state index is 0.166. The summed E-state index contributed by atoms with van der Waals surface area (Å²) in [5, 5.41) is 17.9. The topological polar surface area (TPSA) is 78.7 Å². The quantitative estimate of drug-likeness (QED) is 0.548. The molecule has 1 aliphatic rings. The molecule has 2 N–H and O–H groups in total. The van der Waals surface area contributed by atoms with Gasteiger partial charge < -0.3 is 19.7 Å². The van der Waals surface area contributed by atoms with Gasteiger partial charge in [0.2, 0.25) is 0 Å². The van der Waals surface area contributed by atoms with Crippen LogP contribution in [0.15, 0.2) is 12.4 Å². The number of ether oxygens (including phenoxy) is 1. The third-order valence-electron chi connectivity index (χ3n) is 2.24. The van der Waals surface area contributed by atoms with Crippen molar-refractivity contribution in [2.45, 2.75) is 0 Å². The van der Waals surface area contributed by atoms with Gasteiger partial charge in [-0.3, -0.25) is 4.98 Å². The Morgan fingerprint density at radius 3 is 2.67 bits per heavy atom. The molecule has 0 spiro atoms. The Hall–Kier alpha value is -1.18. The highest BCUT2D eigenvalue weighted by molar-refractivity contribution is 6.57. The Labute approximate surface area is 87.7 Å². The molecule has 6 nitrogen and oxygen atoms in total. The first-order valence-electron chi connectivity index (χ1n) is 4.78. The van der Waals surface area contributed by atoms with E-state index in [0.29, 0.717) is 19.0 Å². The second-order valence-corrected chi connectivity index (χ2v) is 3.28. The van der Waals surface area contributed by atoms with Gasteiger partial charge in [-0.2, -0.15) is 0 Å². The molecule has 7 heteroatoms. The fourth-order valence-corrected chi connectivity index (χ4v) is 1.44. The zero-order valence-electron chi connectivity index (χ0n) is 8.20. The molecule has 0 amide bonds. The molecule has 0 unspecified atom stereocenters. The highest BCUT2D eigenvalue weighted by atomic mass is 16.5. The van der Waals surface area contributed by atoms with Crippen LogP contribution in [0.1, 0.15) is 0 Å². The maximum absolute atomic E-state index is 8.96. The van der Waals surface area contributed by atoms with Gasteiger partial charge in [0.25, 0.3) is 0 Å². The Balaban J connectivity index is 2.16. The fourth-order valence-electron chi connectivity index (χ4n) is 1.44. The molecule has 0 bridgehead atoms. The number of aromatic nitrogens is 2. The maximum atomic E-state index is 8.96. The molecule has 0 saturated carbocycles. The smallest absolute Gasteiger partial charge is 0.422 e. The van der Waals surface area contributed by atoms with E-state index in [9.17, 15) is 0 Å². The fraction of sp³-hybridized carbons (Fsp3) is 0.500. The molecule has 0 radical (unpaired) electrons. The number of anilines is 1. The standard InChI is InChI=1S/C8H12BN3O3/c13-9(14)7-5-10-6-8(11-7)12-1-3-15-4-2-12/h5-6,13-14H,1-4H2. The van der Waals surface area contributed by atoms with Crippen LogP contribution in [0.3, 0.4) is 0 Å². The van der Waals surface area contributed by atoms with Crippen LogP contribution in [0.5, 0.6) is 0 Å². The predicted octanol–water partition coefficient (Wildman–Crippen LogP) is -2.01. The van der Waals surface area contributed by atoms with Crippen molar-refractivity contribution >= 4 is 18.5 Å². The predicted molar refractivity (Wildman–Crippen MR) is 54.9 cm³/mol. The van der Waals surface area contributed by atoms with Gasteiger partial charge in [0, 0.05) is 19.3 Å². The van der Waals surface area contributed by atoms with Gasteiger partial charge in [0.05, 0.1) is 25.0 Å². The molecule has 1 aliphatic heterocycles. The van der Waals surface area contributed by atoms with Gasteiger partial charge in [0.1, 0.15) is 5.82 Å². The minimum atomic E-state index is -1.57. The summed E-state index contributed by atoms with van der Waals surface area (Å²) in [5.41, 5.74) is 0.166. The molecule has 0 atom stereocenters. The largest absolute Gasteiger partial charge is 0.509 e. The van der Waals surface area contributed by atoms with E-state index >= 15 is 0 Å². The summed E-state index contributed by atoms with van der Waals surface area (Å²) in [6.07, 6.45) is 2.95. The summed E-state index contributed by atoms with van der Waals surface area (Å²) >= 11 is 0. The highest BCUT2D eigenvalue weighted by Crippen LogP contribution is 2.08. The lowest BCUT2D eigenvalue weighted by Gasteiger charge is -2.27. The van der Waals surface area contributed by atoms with Crippen molar-refractivity contribution in [2.24, 2.45) is 0 Å². The van der Waals surface area contributed by atoms with Gasteiger partial charge in [-0.25, -0.2) is 4.98 Å². The van der Waals surface area contributed by atoms with Crippen LogP contribution in [0, 0.1) is 0 Å². The lowest BCUT2D eigenvalue weighted by atomic mass is 9.87. The first-order chi connectivity index (χ1) is 7.27. The molecule has 0 aliphatic carbocycles. The number of morpholine rings is 1. The summed E-state index contributed by atoms with van der Waals surface area (Å²) in [5.74, 6) is 0.656. The van der Waals surface area contributed by atoms with Gasteiger partial charge in [-0.15, -0.1) is 0 Å². The van der Waals surface area contributed by atoms with Crippen molar-refractivity contribution in [3.8, 4) is 0 Å². The van der Waals surface area contributed by atoms with Crippen molar-refractivity contribution in [3.63, 3.8) is 0 Å². The Morgan fingerprint density at radius 1 is 1.27 bits per heavy atom. The SMILES string of the molecule is OB(O)c1cncc(N2CCOCC2)n1. The van der Waals surface area contributed by atoms with Crippen LogP contribution in [0.4, 0.5) is 5.82 Å². The van der Waals surface area contributed by atoms with Crippen LogP contribution < -0.4 is 10.5 Å². The third kappa shape index (κ3) is 2.44. The van der Waals surface area contributed by atoms with Crippen LogP contribution in [0.25, 0.3) is 0 Å². The Morgan fingerprint density at radius 2 is 2.00 bits per heavy atom. The second kappa shape index (κ2) is 4.56. The lowest BCUT2D eigenvalue weighted by Crippen LogP contribution is -2.40. The van der Waals surface area contributed by atoms with E-state index in [2.05, 4.69) is 9.97 Å². The summed E-state index contributed by atoms with van der Waals surface area (Å²) in [6.45, 7) is 2.82. The summed E-state index contributed by atoms with van der Waals surface area (Å²) in [4.78, 5) is 10.0. The zero-order chi connectivity index (χ0) is 10.7. The van der Waals surface area contributed by atoms with Crippen LogP contribution in [-0.2, 0) is 4.74 Å². The molecule has 15 heavy (non-hydrogen) atoms. The normalized spacial score (nSPS) is 16.5. The molecular formula is C8H12BN3O3. The maximum Gasteiger partial charge on any atom is 0.509 e. The average Bonchev–Trinajstić information content (AvgIpc) is 2.30. The van der Waals surface area contributed by atoms with E-state index in [0.717, 1.165) is 13.1 Å². The number of hydrogen-bond donors (Lipinski definition) is 2. The second-order valence-electron chi connectivity index (χ2n) is 3.28. The van der Waals surface area contributed by atoms with E-state index in [-0.39, 0.29) is 5.59 Å². The first kappa shape index (κ1) is 10.3. The molecule has 80 valence electrons. The van der Waals surface area contributed by atoms with Gasteiger partial charge >= 0.3 is 7.12 Å². The van der Waals surface area contributed by atoms with Crippen molar-refractivity contribution in [1.82, 2.24) is 9.97 Å². The lowest BCUT2D eigenvalue weighted by molar-refractivity contribution is 0.122. The molecule has 2 rings (SSSR count). The van der Waals surface area contributed by atoms with E-state index < -0.39 is 7.12 Å². The molecule has 1 fully saturated rings. The van der Waals surface area contributed by atoms with Crippen LogP contribution in [0.2, 0.25) is 0 Å². The molecule has 1 aromatic heterocycles. The summed E-state index contributed by atoms with van der Waals surface area (Å²) in [6, 6.07) is 0. The van der Waals surface area contributed by atoms with E-state index in [1.165, 1.54) is 6.20 Å². The van der Waals surface area contributed by atoms with Crippen molar-refractivity contribution in [3.05, 3.63) is 12.4 Å². The molecule has 1 aromatic rings. The number of rotatable bonds is 2. The molecular weight excluding hydrogens is 197 g/mol. The zero-order valence-corrected chi connectivity index (χ0v) is 8.20. The third-order valence-corrected chi connectivity index (χ3v) is 2.24. The van der Waals surface area contributed by atoms with Gasteiger partial charge in [-0.05, 0) is 0 Å². The number of nitrogens with zero attached hydrogens (tertiary/aromatic N) is 3. The van der Waals surface area contributed by atoms with Gasteiger partial charge in [-0.1, -0.05) is 0 Å². The van der Waals surface area contributed by atoms with Crippen molar-refractivity contribution in [1.29, 1.82) is 0 Å². The molecule has 0 aromatic carbocycles. The number of hydrogen-bond acceptors (Lipinski definition) is 6. The Kier molecular flexibility index (Phi) is 3.15. The van der Waals surface area contributed by atoms with E-state index in [4.69, 9.17) is 14.8 Å². The first-order valence-corrected chi connectivity index (χ1v) is 4.78. The minimum Gasteiger partial charge on any atom is -0.422 e. The summed E-state index contributed by atoms with van der Waals surface area (Å²) < 4.78 is 5.21. The monoisotopic (exact) mass is 209 g/mol. The van der Waals surface area contributed by atoms with Gasteiger partial charge in [0.15, 0.2) is 0 Å². The van der Waals surface area contributed by atoms with Crippen LogP contribution >= 0.6 is 0 Å². The van der Waals surface area contributed by atoms with E-state index in [1.54, 1.807) is 6.20 Å². The summed E-state index contributed by atoms with van der Waals surface area (Å²) in [7, 11) is -1.57. The van der Waals surface area contributed by atoms with E-state index in [1.807, 2.05) is 4.90 Å². The van der Waals surface area contributed by atoms with Crippen molar-refractivity contribution < 1.29 is 14.8 Å². The highest BCUT2D eigenvalue weighted by Gasteiger charge is 2.17. The average molecular weight is 209 g/mol. The van der Waals surface area contributed by atoms with Crippen LogP contribution in [-0.4, -0.2) is 53.4 Å². The molecule has 2 heterocycles. The Bertz CT molecular complexity index is 331.